The molecule has 0 radical (unpaired) electrons. The van der Waals surface area contributed by atoms with E-state index in [9.17, 15) is 4.79 Å². The summed E-state index contributed by atoms with van der Waals surface area (Å²) in [6, 6.07) is 3.52. The van der Waals surface area contributed by atoms with Crippen LogP contribution in [0.1, 0.15) is 18.5 Å². The minimum absolute atomic E-state index is 0.387. The van der Waals surface area contributed by atoms with E-state index in [0.29, 0.717) is 18.9 Å². The zero-order chi connectivity index (χ0) is 13.2. The maximum Gasteiger partial charge on any atom is 0.320 e. The molecule has 1 fully saturated rings. The maximum atomic E-state index is 11.1. The highest BCUT2D eigenvalue weighted by Gasteiger charge is 2.30. The van der Waals surface area contributed by atoms with Gasteiger partial charge in [0.2, 0.25) is 5.89 Å². The Hall–Kier alpha value is -1.66. The lowest BCUT2D eigenvalue weighted by Gasteiger charge is -2.19. The molecule has 1 aliphatic rings. The maximum absolute atomic E-state index is 11.1. The van der Waals surface area contributed by atoms with Crippen molar-refractivity contribution < 1.29 is 14.3 Å². The fourth-order valence-corrected chi connectivity index (χ4v) is 3.05. The molecule has 0 aromatic carbocycles. The summed E-state index contributed by atoms with van der Waals surface area (Å²) in [5.41, 5.74) is 0.788. The first-order chi connectivity index (χ1) is 9.24. The predicted molar refractivity (Wildman–Crippen MR) is 70.9 cm³/mol. The fraction of sp³-hybridized carbons (Fsp3) is 0.385. The molecule has 1 unspecified atom stereocenters. The molecule has 19 heavy (non-hydrogen) atoms. The highest BCUT2D eigenvalue weighted by molar-refractivity contribution is 7.13. The van der Waals surface area contributed by atoms with Crippen LogP contribution < -0.4 is 0 Å². The zero-order valence-corrected chi connectivity index (χ0v) is 11.1. The summed E-state index contributed by atoms with van der Waals surface area (Å²) >= 11 is 1.57. The Balaban J connectivity index is 1.72. The molecule has 6 heteroatoms. The van der Waals surface area contributed by atoms with E-state index >= 15 is 0 Å². The smallest absolute Gasteiger partial charge is 0.320 e. The molecule has 1 N–H and O–H groups in total. The number of oxazole rings is 1. The molecule has 0 saturated carbocycles. The topological polar surface area (TPSA) is 66.6 Å². The van der Waals surface area contributed by atoms with Gasteiger partial charge in [0.1, 0.15) is 12.3 Å². The number of thiophene rings is 1. The molecule has 3 rings (SSSR count). The third kappa shape index (κ3) is 2.54. The number of aliphatic carboxylic acids is 1. The lowest BCUT2D eigenvalue weighted by atomic mass is 10.2. The van der Waals surface area contributed by atoms with Crippen molar-refractivity contribution >= 4 is 17.3 Å². The summed E-state index contributed by atoms with van der Waals surface area (Å²) in [6.45, 7) is 1.34. The van der Waals surface area contributed by atoms with Gasteiger partial charge in [-0.05, 0) is 30.8 Å². The van der Waals surface area contributed by atoms with Gasteiger partial charge in [0.25, 0.3) is 0 Å². The molecule has 0 bridgehead atoms. The lowest BCUT2D eigenvalue weighted by Crippen LogP contribution is -2.35. The highest BCUT2D eigenvalue weighted by atomic mass is 32.1. The lowest BCUT2D eigenvalue weighted by molar-refractivity contribution is -0.142. The van der Waals surface area contributed by atoms with E-state index < -0.39 is 5.97 Å². The molecule has 3 heterocycles. The largest absolute Gasteiger partial charge is 0.480 e. The molecule has 0 spiro atoms. The first-order valence-electron chi connectivity index (χ1n) is 6.19. The number of hydrogen-bond acceptors (Lipinski definition) is 5. The third-order valence-corrected chi connectivity index (χ3v) is 4.16. The van der Waals surface area contributed by atoms with Crippen molar-refractivity contribution in [3.8, 4) is 10.8 Å². The van der Waals surface area contributed by atoms with Gasteiger partial charge in [-0.2, -0.15) is 0 Å². The number of carboxylic acid groups (broad SMARTS) is 1. The van der Waals surface area contributed by atoms with Crippen LogP contribution in [-0.4, -0.2) is 33.5 Å². The monoisotopic (exact) mass is 278 g/mol. The molecular weight excluding hydrogens is 264 g/mol. The average molecular weight is 278 g/mol. The van der Waals surface area contributed by atoms with Crippen LogP contribution in [0, 0.1) is 0 Å². The summed E-state index contributed by atoms with van der Waals surface area (Å²) in [6.07, 6.45) is 3.25. The third-order valence-electron chi connectivity index (χ3n) is 3.30. The second-order valence-corrected chi connectivity index (χ2v) is 5.54. The van der Waals surface area contributed by atoms with E-state index in [-0.39, 0.29) is 6.04 Å². The van der Waals surface area contributed by atoms with Gasteiger partial charge in [-0.3, -0.25) is 9.69 Å². The van der Waals surface area contributed by atoms with Crippen molar-refractivity contribution in [3.05, 3.63) is 29.5 Å². The van der Waals surface area contributed by atoms with Crippen molar-refractivity contribution in [3.63, 3.8) is 0 Å². The van der Waals surface area contributed by atoms with Crippen LogP contribution in [0.4, 0.5) is 0 Å². The number of carbonyl (C=O) groups is 1. The van der Waals surface area contributed by atoms with Gasteiger partial charge in [-0.1, -0.05) is 6.07 Å². The second kappa shape index (κ2) is 5.14. The van der Waals surface area contributed by atoms with Gasteiger partial charge in [-0.15, -0.1) is 11.3 Å². The predicted octanol–water partition coefficient (Wildman–Crippen LogP) is 2.45. The van der Waals surface area contributed by atoms with Crippen molar-refractivity contribution in [1.29, 1.82) is 0 Å². The molecule has 2 aromatic rings. The summed E-state index contributed by atoms with van der Waals surface area (Å²) in [5, 5.41) is 11.1. The van der Waals surface area contributed by atoms with Crippen LogP contribution in [0.2, 0.25) is 0 Å². The summed E-state index contributed by atoms with van der Waals surface area (Å²) < 4.78 is 5.44. The number of likely N-dealkylation sites (tertiary alicyclic amines) is 1. The van der Waals surface area contributed by atoms with Crippen molar-refractivity contribution in [2.24, 2.45) is 0 Å². The minimum Gasteiger partial charge on any atom is -0.480 e. The number of rotatable bonds is 4. The Bertz CT molecular complexity index is 564. The second-order valence-electron chi connectivity index (χ2n) is 4.59. The van der Waals surface area contributed by atoms with Gasteiger partial charge in [0.15, 0.2) is 0 Å². The van der Waals surface area contributed by atoms with Crippen molar-refractivity contribution in [2.75, 3.05) is 6.54 Å². The molecule has 0 aliphatic carbocycles. The summed E-state index contributed by atoms with van der Waals surface area (Å²) in [5.74, 6) is -0.143. The van der Waals surface area contributed by atoms with E-state index in [2.05, 4.69) is 4.98 Å². The Labute approximate surface area is 114 Å². The SMILES string of the molecule is O=C(O)C1CCCN1Cc1coc(-c2cccs2)n1. The van der Waals surface area contributed by atoms with Crippen molar-refractivity contribution in [2.45, 2.75) is 25.4 Å². The van der Waals surface area contributed by atoms with E-state index in [1.54, 1.807) is 17.6 Å². The van der Waals surface area contributed by atoms with Crippen LogP contribution >= 0.6 is 11.3 Å². The van der Waals surface area contributed by atoms with Gasteiger partial charge in [-0.25, -0.2) is 4.98 Å². The highest BCUT2D eigenvalue weighted by Crippen LogP contribution is 2.25. The average Bonchev–Trinajstić information content (AvgIpc) is 3.09. The Morgan fingerprint density at radius 3 is 3.26 bits per heavy atom. The summed E-state index contributed by atoms with van der Waals surface area (Å²) in [4.78, 5) is 18.5. The Morgan fingerprint density at radius 2 is 2.53 bits per heavy atom. The van der Waals surface area contributed by atoms with Gasteiger partial charge < -0.3 is 9.52 Å². The molecule has 1 atom stereocenters. The van der Waals surface area contributed by atoms with E-state index in [1.165, 1.54) is 0 Å². The van der Waals surface area contributed by atoms with Gasteiger partial charge in [0, 0.05) is 6.54 Å². The normalized spacial score (nSPS) is 19.9. The van der Waals surface area contributed by atoms with Crippen LogP contribution in [0.15, 0.2) is 28.2 Å². The molecule has 1 saturated heterocycles. The standard InChI is InChI=1S/C13H14N2O3S/c16-13(17)10-3-1-5-15(10)7-9-8-18-12(14-9)11-4-2-6-19-11/h2,4,6,8,10H,1,3,5,7H2,(H,16,17). The van der Waals surface area contributed by atoms with Crippen LogP contribution in [0.5, 0.6) is 0 Å². The molecule has 100 valence electrons. The van der Waals surface area contributed by atoms with E-state index in [0.717, 1.165) is 23.5 Å². The zero-order valence-electron chi connectivity index (χ0n) is 10.3. The molecule has 0 amide bonds. The number of hydrogen-bond donors (Lipinski definition) is 1. The Kier molecular flexibility index (Phi) is 3.35. The minimum atomic E-state index is -0.750. The number of aromatic nitrogens is 1. The first-order valence-corrected chi connectivity index (χ1v) is 7.07. The quantitative estimate of drug-likeness (QED) is 0.930. The first kappa shape index (κ1) is 12.4. The van der Waals surface area contributed by atoms with Crippen LogP contribution in [0.25, 0.3) is 10.8 Å². The Morgan fingerprint density at radius 1 is 1.63 bits per heavy atom. The molecule has 5 nitrogen and oxygen atoms in total. The molecular formula is C13H14N2O3S. The molecule has 2 aromatic heterocycles. The summed E-state index contributed by atoms with van der Waals surface area (Å²) in [7, 11) is 0. The van der Waals surface area contributed by atoms with Gasteiger partial charge in [0.05, 0.1) is 10.6 Å². The molecule has 1 aliphatic heterocycles. The van der Waals surface area contributed by atoms with E-state index in [1.807, 2.05) is 22.4 Å². The van der Waals surface area contributed by atoms with Crippen LogP contribution in [-0.2, 0) is 11.3 Å². The van der Waals surface area contributed by atoms with Gasteiger partial charge >= 0.3 is 5.97 Å². The van der Waals surface area contributed by atoms with E-state index in [4.69, 9.17) is 9.52 Å². The number of carboxylic acids is 1. The van der Waals surface area contributed by atoms with Crippen molar-refractivity contribution in [1.82, 2.24) is 9.88 Å². The number of nitrogens with zero attached hydrogens (tertiary/aromatic N) is 2. The fourth-order valence-electron chi connectivity index (χ4n) is 2.40. The van der Waals surface area contributed by atoms with Crippen LogP contribution in [0.3, 0.4) is 0 Å².